The molecule has 0 aliphatic carbocycles. The molecule has 1 aromatic rings. The molecule has 0 saturated carbocycles. The van der Waals surface area contributed by atoms with Crippen LogP contribution < -0.4 is 5.73 Å². The van der Waals surface area contributed by atoms with Gasteiger partial charge in [-0.15, -0.1) is 11.8 Å². The molecule has 0 aliphatic heterocycles. The molecule has 2 nitrogen and oxygen atoms in total. The first-order valence-electron chi connectivity index (χ1n) is 5.62. The van der Waals surface area contributed by atoms with E-state index in [4.69, 9.17) is 17.3 Å². The predicted molar refractivity (Wildman–Crippen MR) is 74.8 cm³/mol. The number of hydrogen-bond donors (Lipinski definition) is 1. The third-order valence-corrected chi connectivity index (χ3v) is 3.83. The summed E-state index contributed by atoms with van der Waals surface area (Å²) in [6.45, 7) is 3.21. The van der Waals surface area contributed by atoms with E-state index in [-0.39, 0.29) is 5.69 Å². The Morgan fingerprint density at radius 2 is 1.76 bits per heavy atom. The highest BCUT2D eigenvalue weighted by molar-refractivity contribution is 7.99. The van der Waals surface area contributed by atoms with E-state index in [1.807, 2.05) is 0 Å². The van der Waals surface area contributed by atoms with E-state index in [1.54, 1.807) is 19.9 Å². The summed E-state index contributed by atoms with van der Waals surface area (Å²) in [7, 11) is 0. The molecule has 118 valence electrons. The zero-order valence-electron chi connectivity index (χ0n) is 11.1. The van der Waals surface area contributed by atoms with Gasteiger partial charge in [0.15, 0.2) is 5.84 Å². The molecule has 0 aliphatic rings. The molecule has 21 heavy (non-hydrogen) atoms. The standard InChI is InChI=1S/C12H12ClF5N2S/c1-6-3-7(2)9(21-5-11(14,15)16)4-8(6)20-10(19)12(13,17)18/h3-4H,5H2,1-2H3,(H2,19,20). The summed E-state index contributed by atoms with van der Waals surface area (Å²) in [4.78, 5) is 3.79. The SMILES string of the molecule is Cc1cc(C)c(SCC(F)(F)F)cc1N=C(N)C(F)(F)Cl. The Kier molecular flexibility index (Phi) is 5.49. The molecular formula is C12H12ClF5N2S. The van der Waals surface area contributed by atoms with Crippen molar-refractivity contribution >= 4 is 34.9 Å². The molecule has 0 saturated heterocycles. The highest BCUT2D eigenvalue weighted by Crippen LogP contribution is 2.34. The summed E-state index contributed by atoms with van der Waals surface area (Å²) in [6.07, 6.45) is -4.33. The molecule has 0 amide bonds. The van der Waals surface area contributed by atoms with Crippen molar-refractivity contribution in [1.82, 2.24) is 0 Å². The van der Waals surface area contributed by atoms with Crippen molar-refractivity contribution in [3.05, 3.63) is 23.3 Å². The summed E-state index contributed by atoms with van der Waals surface area (Å²) in [6, 6.07) is 2.84. The molecule has 0 spiro atoms. The largest absolute Gasteiger partial charge is 0.398 e. The highest BCUT2D eigenvalue weighted by atomic mass is 35.5. The Morgan fingerprint density at radius 3 is 2.24 bits per heavy atom. The molecule has 1 rings (SSSR count). The van der Waals surface area contributed by atoms with E-state index in [2.05, 4.69) is 4.99 Å². The minimum Gasteiger partial charge on any atom is -0.381 e. The molecule has 2 N–H and O–H groups in total. The van der Waals surface area contributed by atoms with Gasteiger partial charge in [0.1, 0.15) is 0 Å². The van der Waals surface area contributed by atoms with Gasteiger partial charge in [-0.3, -0.25) is 0 Å². The normalized spacial score (nSPS) is 13.6. The molecule has 1 aromatic carbocycles. The zero-order chi connectivity index (χ0) is 16.4. The van der Waals surface area contributed by atoms with Crippen LogP contribution in [-0.2, 0) is 0 Å². The van der Waals surface area contributed by atoms with Crippen LogP contribution in [0.25, 0.3) is 0 Å². The van der Waals surface area contributed by atoms with Crippen LogP contribution in [0.3, 0.4) is 0 Å². The van der Waals surface area contributed by atoms with Crippen LogP contribution in [0.15, 0.2) is 22.0 Å². The Hall–Kier alpha value is -1.02. The lowest BCUT2D eigenvalue weighted by Gasteiger charge is -2.12. The van der Waals surface area contributed by atoms with Crippen LogP contribution in [0, 0.1) is 13.8 Å². The fourth-order valence-electron chi connectivity index (χ4n) is 1.45. The van der Waals surface area contributed by atoms with Crippen molar-refractivity contribution in [3.8, 4) is 0 Å². The number of thioether (sulfide) groups is 1. The van der Waals surface area contributed by atoms with Crippen LogP contribution in [0.4, 0.5) is 27.6 Å². The second-order valence-corrected chi connectivity index (χ2v) is 5.79. The Morgan fingerprint density at radius 1 is 1.19 bits per heavy atom. The number of amidine groups is 1. The van der Waals surface area contributed by atoms with E-state index < -0.39 is 23.1 Å². The third kappa shape index (κ3) is 5.70. The number of benzene rings is 1. The molecule has 0 bridgehead atoms. The van der Waals surface area contributed by atoms with Gasteiger partial charge < -0.3 is 5.73 Å². The average molecular weight is 347 g/mol. The average Bonchev–Trinajstić information content (AvgIpc) is 2.28. The van der Waals surface area contributed by atoms with Crippen LogP contribution >= 0.6 is 23.4 Å². The molecule has 0 fully saturated rings. The molecule has 0 atom stereocenters. The van der Waals surface area contributed by atoms with Gasteiger partial charge in [-0.2, -0.15) is 22.0 Å². The van der Waals surface area contributed by atoms with Gasteiger partial charge in [0.05, 0.1) is 11.4 Å². The molecule has 0 aromatic heterocycles. The van der Waals surface area contributed by atoms with Crippen molar-refractivity contribution in [2.45, 2.75) is 30.3 Å². The number of halogens is 6. The van der Waals surface area contributed by atoms with Crippen LogP contribution in [-0.4, -0.2) is 23.1 Å². The van der Waals surface area contributed by atoms with Crippen molar-refractivity contribution in [1.29, 1.82) is 0 Å². The first-order chi connectivity index (χ1) is 9.40. The van der Waals surface area contributed by atoms with E-state index in [0.29, 0.717) is 27.8 Å². The minimum absolute atomic E-state index is 0.0584. The van der Waals surface area contributed by atoms with Crippen LogP contribution in [0.2, 0.25) is 0 Å². The zero-order valence-corrected chi connectivity index (χ0v) is 12.6. The van der Waals surface area contributed by atoms with E-state index in [1.165, 1.54) is 6.07 Å². The Balaban J connectivity index is 3.12. The van der Waals surface area contributed by atoms with Gasteiger partial charge in [0, 0.05) is 4.90 Å². The summed E-state index contributed by atoms with van der Waals surface area (Å²) in [5.41, 5.74) is 6.22. The van der Waals surface area contributed by atoms with Crippen LogP contribution in [0.1, 0.15) is 11.1 Å². The maximum atomic E-state index is 12.8. The summed E-state index contributed by atoms with van der Waals surface area (Å²) in [5, 5.41) is -3.81. The highest BCUT2D eigenvalue weighted by Gasteiger charge is 2.31. The number of nitrogens with zero attached hydrogens (tertiary/aromatic N) is 1. The third-order valence-electron chi connectivity index (χ3n) is 2.42. The maximum Gasteiger partial charge on any atom is 0.398 e. The monoisotopic (exact) mass is 346 g/mol. The number of rotatable bonds is 4. The van der Waals surface area contributed by atoms with Gasteiger partial charge in [-0.05, 0) is 42.6 Å². The van der Waals surface area contributed by atoms with Crippen molar-refractivity contribution < 1.29 is 22.0 Å². The fraction of sp³-hybridized carbons (Fsp3) is 0.417. The summed E-state index contributed by atoms with van der Waals surface area (Å²) < 4.78 is 62.2. The number of aliphatic imine (C=N–C) groups is 1. The van der Waals surface area contributed by atoms with Gasteiger partial charge >= 0.3 is 11.6 Å². The lowest BCUT2D eigenvalue weighted by molar-refractivity contribution is -0.105. The Bertz CT molecular complexity index is 552. The summed E-state index contributed by atoms with van der Waals surface area (Å²) in [5.74, 6) is -2.19. The van der Waals surface area contributed by atoms with E-state index in [9.17, 15) is 22.0 Å². The lowest BCUT2D eigenvalue weighted by atomic mass is 10.1. The first kappa shape index (κ1) is 18.0. The van der Waals surface area contributed by atoms with Gasteiger partial charge in [0.25, 0.3) is 0 Å². The fourth-order valence-corrected chi connectivity index (χ4v) is 2.29. The predicted octanol–water partition coefficient (Wildman–Crippen LogP) is 4.78. The second-order valence-electron chi connectivity index (χ2n) is 4.30. The van der Waals surface area contributed by atoms with Crippen molar-refractivity contribution in [2.24, 2.45) is 10.7 Å². The van der Waals surface area contributed by atoms with Gasteiger partial charge in [-0.1, -0.05) is 6.07 Å². The topological polar surface area (TPSA) is 38.4 Å². The minimum atomic E-state index is -4.33. The van der Waals surface area contributed by atoms with Gasteiger partial charge in [-0.25, -0.2) is 4.99 Å². The first-order valence-corrected chi connectivity index (χ1v) is 6.98. The van der Waals surface area contributed by atoms with Crippen molar-refractivity contribution in [2.75, 3.05) is 5.75 Å². The number of nitrogens with two attached hydrogens (primary N) is 1. The molecule has 0 heterocycles. The molecule has 0 unspecified atom stereocenters. The lowest BCUT2D eigenvalue weighted by Crippen LogP contribution is -2.29. The van der Waals surface area contributed by atoms with Crippen LogP contribution in [0.5, 0.6) is 0 Å². The second kappa shape index (κ2) is 6.39. The number of alkyl halides is 6. The Labute approximate surface area is 127 Å². The van der Waals surface area contributed by atoms with E-state index in [0.717, 1.165) is 0 Å². The van der Waals surface area contributed by atoms with Crippen molar-refractivity contribution in [3.63, 3.8) is 0 Å². The van der Waals surface area contributed by atoms with E-state index >= 15 is 0 Å². The molecule has 0 radical (unpaired) electrons. The smallest absolute Gasteiger partial charge is 0.381 e. The molecule has 9 heteroatoms. The van der Waals surface area contributed by atoms with Gasteiger partial charge in [0.2, 0.25) is 0 Å². The quantitative estimate of drug-likeness (QED) is 0.280. The maximum absolute atomic E-state index is 12.8. The number of hydrogen-bond acceptors (Lipinski definition) is 2. The summed E-state index contributed by atoms with van der Waals surface area (Å²) >= 11 is 5.29. The molecular weight excluding hydrogens is 335 g/mol. The number of aryl methyl sites for hydroxylation is 2.